The van der Waals surface area contributed by atoms with Crippen LogP contribution in [0.15, 0.2) is 0 Å². The summed E-state index contributed by atoms with van der Waals surface area (Å²) in [6.45, 7) is 0. The van der Waals surface area contributed by atoms with Gasteiger partial charge < -0.3 is 4.74 Å². The van der Waals surface area contributed by atoms with E-state index >= 15 is 0 Å². The van der Waals surface area contributed by atoms with Gasteiger partial charge in [0.15, 0.2) is 0 Å². The minimum Gasteiger partial charge on any atom is -0.484 e. The molecule has 0 fully saturated rings. The van der Waals surface area contributed by atoms with Gasteiger partial charge in [0.05, 0.1) is 7.11 Å². The predicted octanol–water partition coefficient (Wildman–Crippen LogP) is 0.850. The van der Waals surface area contributed by atoms with Gasteiger partial charge in [0.25, 0.3) is 5.12 Å². The highest BCUT2D eigenvalue weighted by atomic mass is 32.2. The van der Waals surface area contributed by atoms with Gasteiger partial charge in [-0.1, -0.05) is 11.8 Å². The van der Waals surface area contributed by atoms with Crippen molar-refractivity contribution in [3.05, 3.63) is 0 Å². The Morgan fingerprint density at radius 1 is 1.75 bits per heavy atom. The maximum Gasteiger partial charge on any atom is 0.265 e. The number of methoxy groups -OCH3 is 1. The summed E-state index contributed by atoms with van der Waals surface area (Å²) in [5.41, 5.74) is 0. The van der Waals surface area contributed by atoms with E-state index in [-0.39, 0.29) is 10.2 Å². The van der Waals surface area contributed by atoms with E-state index < -0.39 is 0 Å². The molecule has 46 valence electrons. The zero-order chi connectivity index (χ0) is 6.57. The molecule has 0 aliphatic carbocycles. The maximum atomic E-state index is 10.4. The van der Waals surface area contributed by atoms with Gasteiger partial charge in [-0.15, -0.1) is 0 Å². The molecule has 0 spiro atoms. The summed E-state index contributed by atoms with van der Waals surface area (Å²) in [5, 5.41) is -0.153. The highest BCUT2D eigenvalue weighted by Crippen LogP contribution is 1.96. The van der Waals surface area contributed by atoms with E-state index in [0.29, 0.717) is 0 Å². The van der Waals surface area contributed by atoms with E-state index in [1.807, 2.05) is 0 Å². The van der Waals surface area contributed by atoms with Crippen molar-refractivity contribution in [2.75, 3.05) is 13.4 Å². The molecule has 8 heavy (non-hydrogen) atoms. The molecule has 0 N–H and O–H groups in total. The fourth-order valence-electron chi connectivity index (χ4n) is 0.167. The Hall–Kier alpha value is -0.0900. The first kappa shape index (κ1) is 7.91. The Labute approximate surface area is 57.6 Å². The van der Waals surface area contributed by atoms with Crippen LogP contribution >= 0.6 is 24.0 Å². The SMILES string of the molecule is COC(=S)C(=O)SC. The highest BCUT2D eigenvalue weighted by Gasteiger charge is 2.04. The second-order valence-corrected chi connectivity index (χ2v) is 2.13. The molecule has 0 unspecified atom stereocenters. The van der Waals surface area contributed by atoms with Crippen molar-refractivity contribution in [2.24, 2.45) is 0 Å². The third kappa shape index (κ3) is 2.28. The van der Waals surface area contributed by atoms with Gasteiger partial charge in [-0.2, -0.15) is 0 Å². The molecule has 0 saturated heterocycles. The number of hydrogen-bond donors (Lipinski definition) is 0. The molecule has 0 rings (SSSR count). The quantitative estimate of drug-likeness (QED) is 0.478. The fourth-order valence-corrected chi connectivity index (χ4v) is 0.667. The van der Waals surface area contributed by atoms with Crippen molar-refractivity contribution in [3.8, 4) is 0 Å². The highest BCUT2D eigenvalue weighted by molar-refractivity contribution is 8.16. The van der Waals surface area contributed by atoms with Crippen molar-refractivity contribution in [2.45, 2.75) is 0 Å². The molecule has 0 aromatic heterocycles. The molecule has 0 saturated carbocycles. The van der Waals surface area contributed by atoms with Crippen LogP contribution in [-0.2, 0) is 9.53 Å². The zero-order valence-electron chi connectivity index (χ0n) is 4.63. The van der Waals surface area contributed by atoms with E-state index in [2.05, 4.69) is 17.0 Å². The number of thiocarbonyl (C=S) groups is 1. The van der Waals surface area contributed by atoms with Crippen molar-refractivity contribution in [3.63, 3.8) is 0 Å². The third-order valence-electron chi connectivity index (χ3n) is 0.537. The second-order valence-electron chi connectivity index (χ2n) is 0.983. The standard InChI is InChI=1S/C4H6O2S2/c1-6-4(7)3(5)8-2/h1-2H3. The van der Waals surface area contributed by atoms with Crippen LogP contribution in [-0.4, -0.2) is 23.5 Å². The van der Waals surface area contributed by atoms with Crippen molar-refractivity contribution >= 4 is 34.1 Å². The number of rotatable bonds is 0. The molecule has 0 heterocycles. The monoisotopic (exact) mass is 150 g/mol. The number of thioether (sulfide) groups is 1. The van der Waals surface area contributed by atoms with Gasteiger partial charge in [-0.05, 0) is 18.5 Å². The lowest BCUT2D eigenvalue weighted by molar-refractivity contribution is -0.106. The van der Waals surface area contributed by atoms with Crippen LogP contribution in [0.2, 0.25) is 0 Å². The van der Waals surface area contributed by atoms with Crippen LogP contribution in [0.1, 0.15) is 0 Å². The smallest absolute Gasteiger partial charge is 0.265 e. The Bertz CT molecular complexity index is 96.6. The Morgan fingerprint density at radius 3 is 2.38 bits per heavy atom. The van der Waals surface area contributed by atoms with E-state index in [1.54, 1.807) is 6.26 Å². The molecular weight excluding hydrogens is 144 g/mol. The molecule has 0 aromatic carbocycles. The normalized spacial score (nSPS) is 8.25. The van der Waals surface area contributed by atoms with Gasteiger partial charge in [0.1, 0.15) is 0 Å². The Balaban J connectivity index is 3.64. The Kier molecular flexibility index (Phi) is 3.81. The average Bonchev–Trinajstić information content (AvgIpc) is 1.84. The van der Waals surface area contributed by atoms with Crippen LogP contribution in [0.4, 0.5) is 0 Å². The maximum absolute atomic E-state index is 10.4. The molecule has 0 radical (unpaired) electrons. The summed E-state index contributed by atoms with van der Waals surface area (Å²) in [6, 6.07) is 0. The zero-order valence-corrected chi connectivity index (χ0v) is 6.27. The molecule has 0 aromatic rings. The summed E-state index contributed by atoms with van der Waals surface area (Å²) >= 11 is 5.54. The van der Waals surface area contributed by atoms with Crippen molar-refractivity contribution in [1.29, 1.82) is 0 Å². The molecule has 2 nitrogen and oxygen atoms in total. The number of carbonyl (C=O) groups is 1. The second kappa shape index (κ2) is 3.86. The summed E-state index contributed by atoms with van der Waals surface area (Å²) < 4.78 is 4.46. The van der Waals surface area contributed by atoms with E-state index in [1.165, 1.54) is 7.11 Å². The molecule has 0 aliphatic rings. The molecule has 0 bridgehead atoms. The number of hydrogen-bond acceptors (Lipinski definition) is 4. The first-order valence-corrected chi connectivity index (χ1v) is 3.52. The van der Waals surface area contributed by atoms with Gasteiger partial charge in [0.2, 0.25) is 5.05 Å². The van der Waals surface area contributed by atoms with E-state index in [0.717, 1.165) is 11.8 Å². The number of carbonyl (C=O) groups excluding carboxylic acids is 1. The van der Waals surface area contributed by atoms with Gasteiger partial charge in [-0.25, -0.2) is 0 Å². The predicted molar refractivity (Wildman–Crippen MR) is 38.1 cm³/mol. The first-order valence-electron chi connectivity index (χ1n) is 1.88. The largest absolute Gasteiger partial charge is 0.484 e. The van der Waals surface area contributed by atoms with Crippen LogP contribution in [0.25, 0.3) is 0 Å². The summed E-state index contributed by atoms with van der Waals surface area (Å²) in [4.78, 5) is 10.4. The van der Waals surface area contributed by atoms with Crippen LogP contribution < -0.4 is 0 Å². The van der Waals surface area contributed by atoms with Crippen LogP contribution in [0.3, 0.4) is 0 Å². The lowest BCUT2D eigenvalue weighted by Gasteiger charge is -1.94. The third-order valence-corrected chi connectivity index (χ3v) is 1.57. The van der Waals surface area contributed by atoms with Gasteiger partial charge in [0, 0.05) is 0 Å². The molecule has 4 heteroatoms. The van der Waals surface area contributed by atoms with Crippen molar-refractivity contribution < 1.29 is 9.53 Å². The topological polar surface area (TPSA) is 26.3 Å². The first-order chi connectivity index (χ1) is 3.72. The molecule has 0 aliphatic heterocycles. The summed E-state index contributed by atoms with van der Waals surface area (Å²) in [7, 11) is 1.39. The van der Waals surface area contributed by atoms with Gasteiger partial charge in [-0.3, -0.25) is 4.79 Å². The minimum absolute atomic E-state index is 0.0394. The van der Waals surface area contributed by atoms with E-state index in [4.69, 9.17) is 0 Å². The summed E-state index contributed by atoms with van der Waals surface area (Å²) in [6.07, 6.45) is 1.66. The molecular formula is C4H6O2S2. The average molecular weight is 150 g/mol. The number of ether oxygens (including phenoxy) is 1. The molecule has 0 amide bonds. The molecule has 0 atom stereocenters. The summed E-state index contributed by atoms with van der Waals surface area (Å²) in [5.74, 6) is 0. The lowest BCUT2D eigenvalue weighted by atomic mass is 10.8. The van der Waals surface area contributed by atoms with Crippen LogP contribution in [0, 0.1) is 0 Å². The van der Waals surface area contributed by atoms with E-state index in [9.17, 15) is 4.79 Å². The van der Waals surface area contributed by atoms with Crippen molar-refractivity contribution in [1.82, 2.24) is 0 Å². The van der Waals surface area contributed by atoms with Crippen LogP contribution in [0.5, 0.6) is 0 Å². The van der Waals surface area contributed by atoms with Gasteiger partial charge >= 0.3 is 0 Å². The fraction of sp³-hybridized carbons (Fsp3) is 0.500. The lowest BCUT2D eigenvalue weighted by Crippen LogP contribution is -2.07. The minimum atomic E-state index is -0.192. The Morgan fingerprint density at radius 2 is 2.25 bits per heavy atom.